The van der Waals surface area contributed by atoms with Gasteiger partial charge in [-0.05, 0) is 45.7 Å². The van der Waals surface area contributed by atoms with Crippen LogP contribution in [0.5, 0.6) is 0 Å². The summed E-state index contributed by atoms with van der Waals surface area (Å²) in [6, 6.07) is 0. The normalized spacial score (nSPS) is 23.4. The highest BCUT2D eigenvalue weighted by molar-refractivity contribution is 5.83. The Bertz CT molecular complexity index is 198. The van der Waals surface area contributed by atoms with Crippen molar-refractivity contribution in [3.63, 3.8) is 0 Å². The molecule has 4 nitrogen and oxygen atoms in total. The van der Waals surface area contributed by atoms with E-state index in [-0.39, 0.29) is 5.91 Å². The molecular weight excluding hydrogens is 178 g/mol. The average Bonchev–Trinajstić information content (AvgIpc) is 2.16. The molecule has 1 aliphatic heterocycles. The summed E-state index contributed by atoms with van der Waals surface area (Å²) in [6.07, 6.45) is 2.46. The van der Waals surface area contributed by atoms with Crippen LogP contribution in [0.15, 0.2) is 0 Å². The summed E-state index contributed by atoms with van der Waals surface area (Å²) < 4.78 is 0. The molecule has 0 bridgehead atoms. The van der Waals surface area contributed by atoms with E-state index in [9.17, 15) is 4.79 Å². The molecule has 0 aromatic rings. The van der Waals surface area contributed by atoms with Crippen molar-refractivity contribution in [3.8, 4) is 0 Å². The lowest BCUT2D eigenvalue weighted by atomic mass is 9.97. The van der Waals surface area contributed by atoms with E-state index in [4.69, 9.17) is 5.73 Å². The summed E-state index contributed by atoms with van der Waals surface area (Å²) in [5.41, 5.74) is 4.68. The Hall–Kier alpha value is -0.610. The van der Waals surface area contributed by atoms with Crippen LogP contribution in [0.1, 0.15) is 26.7 Å². The van der Waals surface area contributed by atoms with Gasteiger partial charge in [-0.3, -0.25) is 4.79 Å². The zero-order valence-corrected chi connectivity index (χ0v) is 9.10. The number of piperidine rings is 1. The molecule has 0 spiro atoms. The molecule has 0 aliphatic carbocycles. The molecule has 1 saturated heterocycles. The molecule has 14 heavy (non-hydrogen) atoms. The van der Waals surface area contributed by atoms with Crippen molar-refractivity contribution in [2.24, 2.45) is 11.7 Å². The number of carbonyl (C=O) groups excluding carboxylic acids is 1. The predicted molar refractivity (Wildman–Crippen MR) is 56.9 cm³/mol. The summed E-state index contributed by atoms with van der Waals surface area (Å²) in [7, 11) is 0. The molecule has 1 atom stereocenters. The SMILES string of the molecule is CC(C)(NCC1CCCNC1)C(N)=O. The molecule has 1 amide bonds. The van der Waals surface area contributed by atoms with Crippen LogP contribution in [0.25, 0.3) is 0 Å². The van der Waals surface area contributed by atoms with E-state index < -0.39 is 5.54 Å². The Morgan fingerprint density at radius 3 is 2.86 bits per heavy atom. The highest BCUT2D eigenvalue weighted by atomic mass is 16.1. The van der Waals surface area contributed by atoms with Gasteiger partial charge >= 0.3 is 0 Å². The maximum absolute atomic E-state index is 11.0. The fourth-order valence-corrected chi connectivity index (χ4v) is 1.58. The molecule has 1 aliphatic rings. The van der Waals surface area contributed by atoms with Gasteiger partial charge in [-0.1, -0.05) is 0 Å². The first-order valence-electron chi connectivity index (χ1n) is 5.28. The van der Waals surface area contributed by atoms with Gasteiger partial charge < -0.3 is 16.4 Å². The molecular formula is C10H21N3O. The Morgan fingerprint density at radius 2 is 2.36 bits per heavy atom. The number of primary amides is 1. The zero-order valence-electron chi connectivity index (χ0n) is 9.10. The van der Waals surface area contributed by atoms with E-state index in [0.717, 1.165) is 19.6 Å². The molecule has 1 fully saturated rings. The number of nitrogens with one attached hydrogen (secondary N) is 2. The lowest BCUT2D eigenvalue weighted by Gasteiger charge is -2.28. The summed E-state index contributed by atoms with van der Waals surface area (Å²) in [6.45, 7) is 6.68. The second kappa shape index (κ2) is 4.75. The Balaban J connectivity index is 2.28. The van der Waals surface area contributed by atoms with Crippen LogP contribution in [0.2, 0.25) is 0 Å². The van der Waals surface area contributed by atoms with Crippen molar-refractivity contribution in [3.05, 3.63) is 0 Å². The van der Waals surface area contributed by atoms with Crippen molar-refractivity contribution >= 4 is 5.91 Å². The van der Waals surface area contributed by atoms with Gasteiger partial charge in [0.15, 0.2) is 0 Å². The average molecular weight is 199 g/mol. The van der Waals surface area contributed by atoms with Crippen molar-refractivity contribution < 1.29 is 4.79 Å². The lowest BCUT2D eigenvalue weighted by molar-refractivity contribution is -0.123. The largest absolute Gasteiger partial charge is 0.368 e. The lowest BCUT2D eigenvalue weighted by Crippen LogP contribution is -2.53. The van der Waals surface area contributed by atoms with Crippen molar-refractivity contribution in [2.45, 2.75) is 32.2 Å². The third kappa shape index (κ3) is 3.27. The fourth-order valence-electron chi connectivity index (χ4n) is 1.58. The number of nitrogens with two attached hydrogens (primary N) is 1. The van der Waals surface area contributed by atoms with Crippen LogP contribution < -0.4 is 16.4 Å². The maximum Gasteiger partial charge on any atom is 0.237 e. The summed E-state index contributed by atoms with van der Waals surface area (Å²) >= 11 is 0. The van der Waals surface area contributed by atoms with E-state index in [2.05, 4.69) is 10.6 Å². The second-order valence-corrected chi connectivity index (χ2v) is 4.58. The van der Waals surface area contributed by atoms with Crippen LogP contribution in [0, 0.1) is 5.92 Å². The van der Waals surface area contributed by atoms with Crippen molar-refractivity contribution in [1.29, 1.82) is 0 Å². The molecule has 4 N–H and O–H groups in total. The van der Waals surface area contributed by atoms with Crippen LogP contribution in [0.4, 0.5) is 0 Å². The molecule has 1 unspecified atom stereocenters. The number of amides is 1. The van der Waals surface area contributed by atoms with E-state index in [1.807, 2.05) is 13.8 Å². The topological polar surface area (TPSA) is 67.2 Å². The highest BCUT2D eigenvalue weighted by Gasteiger charge is 2.25. The smallest absolute Gasteiger partial charge is 0.237 e. The third-order valence-electron chi connectivity index (χ3n) is 2.85. The van der Waals surface area contributed by atoms with Crippen molar-refractivity contribution in [1.82, 2.24) is 10.6 Å². The summed E-state index contributed by atoms with van der Waals surface area (Å²) in [4.78, 5) is 11.0. The first kappa shape index (κ1) is 11.5. The van der Waals surface area contributed by atoms with Gasteiger partial charge in [0.2, 0.25) is 5.91 Å². The zero-order chi connectivity index (χ0) is 10.6. The number of rotatable bonds is 4. The quantitative estimate of drug-likeness (QED) is 0.589. The van der Waals surface area contributed by atoms with E-state index in [1.165, 1.54) is 12.8 Å². The predicted octanol–water partition coefficient (Wildman–Crippen LogP) is -0.160. The van der Waals surface area contributed by atoms with E-state index in [1.54, 1.807) is 0 Å². The van der Waals surface area contributed by atoms with Gasteiger partial charge in [-0.2, -0.15) is 0 Å². The molecule has 4 heteroatoms. The van der Waals surface area contributed by atoms with E-state index >= 15 is 0 Å². The first-order chi connectivity index (χ1) is 6.52. The minimum Gasteiger partial charge on any atom is -0.368 e. The molecule has 82 valence electrons. The Labute approximate surface area is 85.6 Å². The van der Waals surface area contributed by atoms with Crippen LogP contribution >= 0.6 is 0 Å². The summed E-state index contributed by atoms with van der Waals surface area (Å²) in [5.74, 6) is 0.337. The molecule has 0 aromatic carbocycles. The Kier molecular flexibility index (Phi) is 3.89. The molecule has 0 radical (unpaired) electrons. The number of hydrogen-bond donors (Lipinski definition) is 3. The first-order valence-corrected chi connectivity index (χ1v) is 5.28. The van der Waals surface area contributed by atoms with Crippen LogP contribution in [-0.4, -0.2) is 31.1 Å². The van der Waals surface area contributed by atoms with Gasteiger partial charge in [0.25, 0.3) is 0 Å². The van der Waals surface area contributed by atoms with Crippen molar-refractivity contribution in [2.75, 3.05) is 19.6 Å². The number of hydrogen-bond acceptors (Lipinski definition) is 3. The van der Waals surface area contributed by atoms with Crippen LogP contribution in [-0.2, 0) is 4.79 Å². The molecule has 1 rings (SSSR count). The number of carbonyl (C=O) groups is 1. The molecule has 0 aromatic heterocycles. The third-order valence-corrected chi connectivity index (χ3v) is 2.85. The minimum atomic E-state index is -0.586. The van der Waals surface area contributed by atoms with Gasteiger partial charge in [0, 0.05) is 6.54 Å². The second-order valence-electron chi connectivity index (χ2n) is 4.58. The minimum absolute atomic E-state index is 0.290. The maximum atomic E-state index is 11.0. The van der Waals surface area contributed by atoms with Gasteiger partial charge in [-0.25, -0.2) is 0 Å². The Morgan fingerprint density at radius 1 is 1.64 bits per heavy atom. The van der Waals surface area contributed by atoms with E-state index in [0.29, 0.717) is 5.92 Å². The highest BCUT2D eigenvalue weighted by Crippen LogP contribution is 2.10. The van der Waals surface area contributed by atoms with Crippen LogP contribution in [0.3, 0.4) is 0 Å². The summed E-state index contributed by atoms with van der Waals surface area (Å²) in [5, 5.41) is 6.56. The van der Waals surface area contributed by atoms with Gasteiger partial charge in [-0.15, -0.1) is 0 Å². The standard InChI is InChI=1S/C10H21N3O/c1-10(2,9(11)14)13-7-8-4-3-5-12-6-8/h8,12-13H,3-7H2,1-2H3,(H2,11,14). The molecule has 0 saturated carbocycles. The van der Waals surface area contributed by atoms with Gasteiger partial charge in [0.1, 0.15) is 0 Å². The van der Waals surface area contributed by atoms with Gasteiger partial charge in [0.05, 0.1) is 5.54 Å². The molecule has 1 heterocycles. The monoisotopic (exact) mass is 199 g/mol. The fraction of sp³-hybridized carbons (Fsp3) is 0.900.